The van der Waals surface area contributed by atoms with E-state index in [4.69, 9.17) is 0 Å². The normalized spacial score (nSPS) is 20.6. The summed E-state index contributed by atoms with van der Waals surface area (Å²) in [5.41, 5.74) is 3.91. The van der Waals surface area contributed by atoms with E-state index < -0.39 is 0 Å². The zero-order valence-electron chi connectivity index (χ0n) is 18.9. The van der Waals surface area contributed by atoms with Crippen molar-refractivity contribution in [1.29, 1.82) is 0 Å². The van der Waals surface area contributed by atoms with E-state index in [2.05, 4.69) is 35.1 Å². The van der Waals surface area contributed by atoms with Crippen LogP contribution < -0.4 is 10.2 Å². The first-order valence-corrected chi connectivity index (χ1v) is 11.2. The fourth-order valence-corrected chi connectivity index (χ4v) is 4.66. The average Bonchev–Trinajstić information content (AvgIpc) is 3.05. The Morgan fingerprint density at radius 2 is 1.84 bits per heavy atom. The number of amides is 2. The van der Waals surface area contributed by atoms with Crippen LogP contribution in [0.3, 0.4) is 0 Å². The fraction of sp³-hybridized carbons (Fsp3) is 0.480. The molecule has 2 saturated heterocycles. The number of carbonyl (C=O) groups is 2. The Bertz CT molecular complexity index is 976. The quantitative estimate of drug-likeness (QED) is 0.824. The summed E-state index contributed by atoms with van der Waals surface area (Å²) in [6.45, 7) is 11.2. The van der Waals surface area contributed by atoms with Gasteiger partial charge < -0.3 is 15.1 Å². The second-order valence-electron chi connectivity index (χ2n) is 9.37. The summed E-state index contributed by atoms with van der Waals surface area (Å²) in [6, 6.07) is 9.78. The number of anilines is 1. The van der Waals surface area contributed by atoms with Gasteiger partial charge in [-0.3, -0.25) is 9.59 Å². The van der Waals surface area contributed by atoms with Crippen LogP contribution in [0.2, 0.25) is 0 Å². The molecule has 1 unspecified atom stereocenters. The van der Waals surface area contributed by atoms with E-state index in [0.29, 0.717) is 18.7 Å². The van der Waals surface area contributed by atoms with Gasteiger partial charge in [-0.15, -0.1) is 0 Å². The Balaban J connectivity index is 1.38. The van der Waals surface area contributed by atoms with Crippen molar-refractivity contribution in [2.24, 2.45) is 0 Å². The molecule has 31 heavy (non-hydrogen) atoms. The minimum Gasteiger partial charge on any atom is -0.353 e. The topological polar surface area (TPSA) is 65.5 Å². The van der Waals surface area contributed by atoms with Crippen LogP contribution in [0.5, 0.6) is 0 Å². The second-order valence-corrected chi connectivity index (χ2v) is 9.37. The monoisotopic (exact) mass is 420 g/mol. The molecular formula is C25H32N4O2. The highest BCUT2D eigenvalue weighted by atomic mass is 16.2. The molecule has 1 aromatic carbocycles. The summed E-state index contributed by atoms with van der Waals surface area (Å²) in [4.78, 5) is 34.1. The lowest BCUT2D eigenvalue weighted by atomic mass is 9.90. The molecule has 2 amide bonds. The number of hydrogen-bond donors (Lipinski definition) is 1. The van der Waals surface area contributed by atoms with Crippen molar-refractivity contribution in [3.8, 4) is 0 Å². The Labute approximate surface area is 184 Å². The highest BCUT2D eigenvalue weighted by Gasteiger charge is 2.38. The summed E-state index contributed by atoms with van der Waals surface area (Å²) in [5.74, 6) is 0.994. The third-order valence-electron chi connectivity index (χ3n) is 6.43. The number of aromatic nitrogens is 1. The summed E-state index contributed by atoms with van der Waals surface area (Å²) in [5, 5.41) is 3.03. The number of nitrogens with zero attached hydrogens (tertiary/aromatic N) is 3. The molecule has 1 aromatic heterocycles. The number of piperazine rings is 1. The predicted molar refractivity (Wildman–Crippen MR) is 122 cm³/mol. The molecule has 0 bridgehead atoms. The number of carbonyl (C=O) groups excluding carboxylic acids is 2. The first kappa shape index (κ1) is 21.3. The molecule has 6 nitrogen and oxygen atoms in total. The summed E-state index contributed by atoms with van der Waals surface area (Å²) < 4.78 is 0. The van der Waals surface area contributed by atoms with Crippen molar-refractivity contribution in [1.82, 2.24) is 15.2 Å². The van der Waals surface area contributed by atoms with E-state index in [-0.39, 0.29) is 23.3 Å². The van der Waals surface area contributed by atoms with Crippen LogP contribution in [0.25, 0.3) is 0 Å². The van der Waals surface area contributed by atoms with Gasteiger partial charge in [-0.25, -0.2) is 4.98 Å². The van der Waals surface area contributed by atoms with Gasteiger partial charge in [0.15, 0.2) is 0 Å². The van der Waals surface area contributed by atoms with Gasteiger partial charge in [0.1, 0.15) is 5.82 Å². The van der Waals surface area contributed by atoms with E-state index in [1.165, 1.54) is 11.1 Å². The predicted octanol–water partition coefficient (Wildman–Crippen LogP) is 3.30. The molecule has 6 heteroatoms. The van der Waals surface area contributed by atoms with Crippen molar-refractivity contribution in [2.75, 3.05) is 31.1 Å². The largest absolute Gasteiger partial charge is 0.353 e. The van der Waals surface area contributed by atoms with Crippen molar-refractivity contribution < 1.29 is 9.59 Å². The Morgan fingerprint density at radius 1 is 1.16 bits per heavy atom. The minimum atomic E-state index is -0.181. The maximum absolute atomic E-state index is 13.0. The molecule has 2 aliphatic rings. The van der Waals surface area contributed by atoms with Gasteiger partial charge in [-0.1, -0.05) is 25.1 Å². The number of aryl methyl sites for hydroxylation is 2. The molecule has 3 heterocycles. The molecule has 164 valence electrons. The molecule has 0 radical (unpaired) electrons. The van der Waals surface area contributed by atoms with Crippen LogP contribution in [-0.2, 0) is 11.2 Å². The molecule has 1 atom stereocenters. The zero-order valence-corrected chi connectivity index (χ0v) is 18.9. The van der Waals surface area contributed by atoms with Crippen LogP contribution in [0.1, 0.15) is 60.2 Å². The van der Waals surface area contributed by atoms with Gasteiger partial charge in [-0.2, -0.15) is 0 Å². The molecule has 0 aliphatic carbocycles. The molecular weight excluding hydrogens is 388 g/mol. The van der Waals surface area contributed by atoms with Gasteiger partial charge in [0, 0.05) is 43.5 Å². The maximum atomic E-state index is 13.0. The summed E-state index contributed by atoms with van der Waals surface area (Å²) in [6.07, 6.45) is 3.71. The Kier molecular flexibility index (Phi) is 5.73. The summed E-state index contributed by atoms with van der Waals surface area (Å²) in [7, 11) is 0. The van der Waals surface area contributed by atoms with Crippen LogP contribution in [0.15, 0.2) is 36.5 Å². The fourth-order valence-electron chi connectivity index (χ4n) is 4.66. The molecule has 2 aliphatic heterocycles. The lowest BCUT2D eigenvalue weighted by Gasteiger charge is -2.36. The Morgan fingerprint density at radius 3 is 2.39 bits per heavy atom. The highest BCUT2D eigenvalue weighted by Crippen LogP contribution is 2.32. The number of hydrogen-bond acceptors (Lipinski definition) is 4. The van der Waals surface area contributed by atoms with Crippen molar-refractivity contribution in [3.05, 3.63) is 58.8 Å². The molecule has 0 saturated carbocycles. The van der Waals surface area contributed by atoms with Crippen LogP contribution in [0.4, 0.5) is 5.82 Å². The number of rotatable bonds is 4. The van der Waals surface area contributed by atoms with E-state index in [1.54, 1.807) is 0 Å². The van der Waals surface area contributed by atoms with Crippen molar-refractivity contribution >= 4 is 17.6 Å². The third kappa shape index (κ3) is 4.43. The first-order valence-electron chi connectivity index (χ1n) is 11.2. The standard InChI is InChI=1S/C25H32N4O2/c1-5-18-14-17(2)22(26-16-18)28-10-12-29(13-11-28)24(31)20-8-6-19(7-9-20)21-15-25(3,4)27-23(21)30/h6-9,14,16,21H,5,10-13,15H2,1-4H3,(H,27,30). The van der Waals surface area contributed by atoms with Crippen molar-refractivity contribution in [3.63, 3.8) is 0 Å². The zero-order chi connectivity index (χ0) is 22.2. The van der Waals surface area contributed by atoms with Crippen LogP contribution in [-0.4, -0.2) is 53.4 Å². The molecule has 1 N–H and O–H groups in total. The van der Waals surface area contributed by atoms with Gasteiger partial charge in [0.05, 0.1) is 5.92 Å². The highest BCUT2D eigenvalue weighted by molar-refractivity contribution is 5.94. The number of nitrogens with one attached hydrogen (secondary N) is 1. The van der Waals surface area contributed by atoms with Crippen LogP contribution in [0, 0.1) is 6.92 Å². The molecule has 4 rings (SSSR count). The van der Waals surface area contributed by atoms with Gasteiger partial charge in [0.2, 0.25) is 5.91 Å². The first-order chi connectivity index (χ1) is 14.8. The van der Waals surface area contributed by atoms with E-state index in [9.17, 15) is 9.59 Å². The molecule has 2 fully saturated rings. The lowest BCUT2D eigenvalue weighted by molar-refractivity contribution is -0.120. The number of pyridine rings is 1. The number of benzene rings is 1. The minimum absolute atomic E-state index is 0.0495. The van der Waals surface area contributed by atoms with Crippen LogP contribution >= 0.6 is 0 Å². The van der Waals surface area contributed by atoms with Gasteiger partial charge in [-0.05, 0) is 62.4 Å². The Hall–Kier alpha value is -2.89. The molecule has 0 spiro atoms. The van der Waals surface area contributed by atoms with E-state index >= 15 is 0 Å². The lowest BCUT2D eigenvalue weighted by Crippen LogP contribution is -2.49. The SMILES string of the molecule is CCc1cnc(N2CCN(C(=O)c3ccc(C4CC(C)(C)NC4=O)cc3)CC2)c(C)c1. The average molecular weight is 421 g/mol. The maximum Gasteiger partial charge on any atom is 0.253 e. The van der Waals surface area contributed by atoms with Gasteiger partial charge in [0.25, 0.3) is 5.91 Å². The third-order valence-corrected chi connectivity index (χ3v) is 6.43. The second kappa shape index (κ2) is 8.33. The van der Waals surface area contributed by atoms with E-state index in [0.717, 1.165) is 37.3 Å². The van der Waals surface area contributed by atoms with Gasteiger partial charge >= 0.3 is 0 Å². The molecule has 2 aromatic rings. The smallest absolute Gasteiger partial charge is 0.253 e. The summed E-state index contributed by atoms with van der Waals surface area (Å²) >= 11 is 0. The van der Waals surface area contributed by atoms with Crippen molar-refractivity contribution in [2.45, 2.75) is 52.0 Å². The van der Waals surface area contributed by atoms with E-state index in [1.807, 2.05) is 49.2 Å².